The first-order chi connectivity index (χ1) is 13.8. The minimum atomic E-state index is -0.552. The van der Waals surface area contributed by atoms with Gasteiger partial charge in [-0.3, -0.25) is 19.3 Å². The quantitative estimate of drug-likeness (QED) is 0.690. The van der Waals surface area contributed by atoms with Crippen molar-refractivity contribution in [2.75, 3.05) is 32.7 Å². The molecule has 1 aromatic carbocycles. The second kappa shape index (κ2) is 11.0. The molecule has 0 aromatic heterocycles. The van der Waals surface area contributed by atoms with Crippen LogP contribution in [0.1, 0.15) is 44.5 Å². The molecule has 0 aliphatic carbocycles. The van der Waals surface area contributed by atoms with E-state index >= 15 is 0 Å². The van der Waals surface area contributed by atoms with Gasteiger partial charge in [-0.1, -0.05) is 38.5 Å². The van der Waals surface area contributed by atoms with Gasteiger partial charge in [0.15, 0.2) is 0 Å². The molecule has 1 saturated heterocycles. The van der Waals surface area contributed by atoms with Crippen molar-refractivity contribution in [3.05, 3.63) is 35.9 Å². The molecule has 1 heterocycles. The number of benzene rings is 1. The minimum Gasteiger partial charge on any atom is -0.353 e. The summed E-state index contributed by atoms with van der Waals surface area (Å²) < 4.78 is 0. The van der Waals surface area contributed by atoms with Crippen molar-refractivity contribution in [3.63, 3.8) is 0 Å². The van der Waals surface area contributed by atoms with E-state index in [2.05, 4.69) is 15.5 Å². The smallest absolute Gasteiger partial charge is 0.251 e. The van der Waals surface area contributed by atoms with Crippen LogP contribution in [0.2, 0.25) is 0 Å². The Bertz CT molecular complexity index is 685. The number of nitrogens with zero attached hydrogens (tertiary/aromatic N) is 2. The molecule has 29 heavy (non-hydrogen) atoms. The maximum Gasteiger partial charge on any atom is 0.251 e. The predicted molar refractivity (Wildman–Crippen MR) is 113 cm³/mol. The van der Waals surface area contributed by atoms with Crippen LogP contribution in [-0.4, -0.2) is 72.3 Å². The summed E-state index contributed by atoms with van der Waals surface area (Å²) in [6.07, 6.45) is 0.792. The lowest BCUT2D eigenvalue weighted by Gasteiger charge is -2.37. The number of carbonyl (C=O) groups is 3. The molecule has 7 heteroatoms. The van der Waals surface area contributed by atoms with E-state index in [1.165, 1.54) is 0 Å². The first-order valence-electron chi connectivity index (χ1n) is 10.5. The molecule has 2 unspecified atom stereocenters. The summed E-state index contributed by atoms with van der Waals surface area (Å²) >= 11 is 0. The average molecular weight is 403 g/mol. The van der Waals surface area contributed by atoms with Crippen LogP contribution in [0.5, 0.6) is 0 Å². The first-order valence-corrected chi connectivity index (χ1v) is 10.5. The van der Waals surface area contributed by atoms with E-state index in [4.69, 9.17) is 0 Å². The Labute approximate surface area is 173 Å². The lowest BCUT2D eigenvalue weighted by molar-refractivity contribution is -0.136. The molecule has 2 rings (SSSR count). The number of piperazine rings is 1. The first kappa shape index (κ1) is 22.9. The maximum absolute atomic E-state index is 13.2. The van der Waals surface area contributed by atoms with Crippen LogP contribution in [-0.2, 0) is 9.59 Å². The molecule has 1 aliphatic rings. The van der Waals surface area contributed by atoms with Crippen molar-refractivity contribution < 1.29 is 14.4 Å². The zero-order valence-electron chi connectivity index (χ0n) is 18.0. The van der Waals surface area contributed by atoms with Crippen LogP contribution in [0, 0.1) is 5.92 Å². The summed E-state index contributed by atoms with van der Waals surface area (Å²) in [5.74, 6) is -0.236. The highest BCUT2D eigenvalue weighted by molar-refractivity contribution is 5.97. The third-order valence-corrected chi connectivity index (χ3v) is 5.30. The van der Waals surface area contributed by atoms with Gasteiger partial charge in [0.05, 0.1) is 6.54 Å². The Balaban J connectivity index is 1.94. The Morgan fingerprint density at radius 1 is 0.966 bits per heavy atom. The largest absolute Gasteiger partial charge is 0.353 e. The van der Waals surface area contributed by atoms with Crippen molar-refractivity contribution in [3.8, 4) is 0 Å². The lowest BCUT2D eigenvalue weighted by atomic mass is 9.97. The summed E-state index contributed by atoms with van der Waals surface area (Å²) in [5.41, 5.74) is 0.551. The van der Waals surface area contributed by atoms with E-state index in [0.717, 1.165) is 6.42 Å². The maximum atomic E-state index is 13.2. The van der Waals surface area contributed by atoms with Crippen molar-refractivity contribution in [1.29, 1.82) is 0 Å². The van der Waals surface area contributed by atoms with Crippen LogP contribution < -0.4 is 10.6 Å². The number of nitrogens with one attached hydrogen (secondary N) is 2. The molecule has 0 radical (unpaired) electrons. The van der Waals surface area contributed by atoms with Gasteiger partial charge in [0.1, 0.15) is 6.04 Å². The van der Waals surface area contributed by atoms with Crippen molar-refractivity contribution in [1.82, 2.24) is 20.4 Å². The third kappa shape index (κ3) is 6.85. The molecular weight excluding hydrogens is 368 g/mol. The Morgan fingerprint density at radius 2 is 1.59 bits per heavy atom. The Hall–Kier alpha value is -2.41. The summed E-state index contributed by atoms with van der Waals surface area (Å²) in [4.78, 5) is 41.6. The van der Waals surface area contributed by atoms with Gasteiger partial charge in [0.25, 0.3) is 5.91 Å². The number of rotatable bonds is 8. The van der Waals surface area contributed by atoms with E-state index in [-0.39, 0.29) is 29.7 Å². The fourth-order valence-corrected chi connectivity index (χ4v) is 3.39. The SMILES string of the molecule is CCC(C)C(NC(=O)c1ccccc1)C(=O)N1CCN(CC(=O)NC(C)C)CC1. The van der Waals surface area contributed by atoms with Gasteiger partial charge in [-0.25, -0.2) is 0 Å². The number of carbonyl (C=O) groups excluding carboxylic acids is 3. The van der Waals surface area contributed by atoms with Crippen LogP contribution in [0.25, 0.3) is 0 Å². The minimum absolute atomic E-state index is 0.00684. The molecule has 0 spiro atoms. The van der Waals surface area contributed by atoms with E-state index < -0.39 is 6.04 Å². The molecule has 1 fully saturated rings. The van der Waals surface area contributed by atoms with Gasteiger partial charge in [-0.05, 0) is 31.9 Å². The molecule has 0 saturated carbocycles. The molecule has 0 bridgehead atoms. The highest BCUT2D eigenvalue weighted by Gasteiger charge is 2.32. The summed E-state index contributed by atoms with van der Waals surface area (Å²) in [7, 11) is 0. The van der Waals surface area contributed by atoms with Crippen LogP contribution in [0.3, 0.4) is 0 Å². The summed E-state index contributed by atoms with van der Waals surface area (Å²) in [6.45, 7) is 10.6. The van der Waals surface area contributed by atoms with Gasteiger partial charge in [0, 0.05) is 37.8 Å². The van der Waals surface area contributed by atoms with Crippen molar-refractivity contribution in [2.45, 2.75) is 46.2 Å². The summed E-state index contributed by atoms with van der Waals surface area (Å²) in [6, 6.07) is 8.53. The fraction of sp³-hybridized carbons (Fsp3) is 0.591. The zero-order chi connectivity index (χ0) is 21.4. The van der Waals surface area contributed by atoms with Gasteiger partial charge in [-0.2, -0.15) is 0 Å². The van der Waals surface area contributed by atoms with Crippen LogP contribution >= 0.6 is 0 Å². The highest BCUT2D eigenvalue weighted by Crippen LogP contribution is 2.14. The fourth-order valence-electron chi connectivity index (χ4n) is 3.39. The summed E-state index contributed by atoms with van der Waals surface area (Å²) in [5, 5.41) is 5.83. The molecule has 160 valence electrons. The molecule has 2 atom stereocenters. The van der Waals surface area contributed by atoms with E-state index in [9.17, 15) is 14.4 Å². The van der Waals surface area contributed by atoms with Gasteiger partial charge < -0.3 is 15.5 Å². The standard InChI is InChI=1S/C22H34N4O3/c1-5-17(4)20(24-21(28)18-9-7-6-8-10-18)22(29)26-13-11-25(12-14-26)15-19(27)23-16(2)3/h6-10,16-17,20H,5,11-15H2,1-4H3,(H,23,27)(H,24,28). The molecule has 1 aromatic rings. The molecule has 1 aliphatic heterocycles. The topological polar surface area (TPSA) is 81.8 Å². The third-order valence-electron chi connectivity index (χ3n) is 5.30. The second-order valence-corrected chi connectivity index (χ2v) is 8.03. The van der Waals surface area contributed by atoms with E-state index in [0.29, 0.717) is 38.3 Å². The average Bonchev–Trinajstić information content (AvgIpc) is 2.71. The number of hydrogen-bond acceptors (Lipinski definition) is 4. The lowest BCUT2D eigenvalue weighted by Crippen LogP contribution is -2.57. The Morgan fingerprint density at radius 3 is 2.14 bits per heavy atom. The van der Waals surface area contributed by atoms with Crippen molar-refractivity contribution in [2.24, 2.45) is 5.92 Å². The molecule has 7 nitrogen and oxygen atoms in total. The second-order valence-electron chi connectivity index (χ2n) is 8.03. The Kier molecular flexibility index (Phi) is 8.64. The molecule has 2 N–H and O–H groups in total. The van der Waals surface area contributed by atoms with Crippen molar-refractivity contribution >= 4 is 17.7 Å². The predicted octanol–water partition coefficient (Wildman–Crippen LogP) is 1.50. The molecule has 3 amide bonds. The number of hydrogen-bond donors (Lipinski definition) is 2. The van der Waals surface area contributed by atoms with E-state index in [1.807, 2.05) is 45.9 Å². The van der Waals surface area contributed by atoms with Crippen LogP contribution in [0.15, 0.2) is 30.3 Å². The van der Waals surface area contributed by atoms with Gasteiger partial charge >= 0.3 is 0 Å². The number of amides is 3. The van der Waals surface area contributed by atoms with Crippen LogP contribution in [0.4, 0.5) is 0 Å². The molecular formula is C22H34N4O3. The monoisotopic (exact) mass is 402 g/mol. The van der Waals surface area contributed by atoms with Gasteiger partial charge in [-0.15, -0.1) is 0 Å². The zero-order valence-corrected chi connectivity index (χ0v) is 18.0. The highest BCUT2D eigenvalue weighted by atomic mass is 16.2. The van der Waals surface area contributed by atoms with E-state index in [1.54, 1.807) is 17.0 Å². The normalized spacial score (nSPS) is 16.9. The van der Waals surface area contributed by atoms with Gasteiger partial charge in [0.2, 0.25) is 11.8 Å².